The number of carbonyl (C=O) groups excluding carboxylic acids is 1. The second kappa shape index (κ2) is 5.66. The van der Waals surface area contributed by atoms with Crippen LogP contribution in [0.25, 0.3) is 0 Å². The molecule has 0 saturated carbocycles. The molecule has 0 bridgehead atoms. The third kappa shape index (κ3) is 2.83. The Morgan fingerprint density at radius 1 is 1.38 bits per heavy atom. The van der Waals surface area contributed by atoms with Crippen LogP contribution < -0.4 is 5.32 Å². The molecule has 1 aromatic rings. The number of methoxy groups -OCH3 is 1. The molecular weight excluding hydrogens is 202 g/mol. The number of hydrogen-bond donors (Lipinski definition) is 1. The van der Waals surface area contributed by atoms with Crippen LogP contribution in [-0.2, 0) is 15.1 Å². The summed E-state index contributed by atoms with van der Waals surface area (Å²) in [7, 11) is 1.68. The third-order valence-electron chi connectivity index (χ3n) is 2.88. The van der Waals surface area contributed by atoms with Gasteiger partial charge in [-0.25, -0.2) is 0 Å². The van der Waals surface area contributed by atoms with Crippen molar-refractivity contribution in [1.82, 2.24) is 5.32 Å². The second-order valence-corrected chi connectivity index (χ2v) is 3.83. The lowest BCUT2D eigenvalue weighted by molar-refractivity contribution is -0.120. The Hall–Kier alpha value is -1.35. The van der Waals surface area contributed by atoms with E-state index >= 15 is 0 Å². The van der Waals surface area contributed by atoms with Gasteiger partial charge in [0.1, 0.15) is 5.60 Å². The van der Waals surface area contributed by atoms with Gasteiger partial charge in [0, 0.05) is 14.0 Å². The van der Waals surface area contributed by atoms with Gasteiger partial charge in [0.15, 0.2) is 0 Å². The molecule has 88 valence electrons. The zero-order chi connectivity index (χ0) is 12.0. The molecule has 3 nitrogen and oxygen atoms in total. The fourth-order valence-corrected chi connectivity index (χ4v) is 1.77. The molecule has 0 unspecified atom stereocenters. The smallest absolute Gasteiger partial charge is 0.216 e. The molecule has 0 aromatic heterocycles. The van der Waals surface area contributed by atoms with Gasteiger partial charge in [0.2, 0.25) is 5.91 Å². The zero-order valence-electron chi connectivity index (χ0n) is 10.1. The molecular formula is C13H19NO2. The van der Waals surface area contributed by atoms with Crippen LogP contribution in [0.4, 0.5) is 0 Å². The lowest BCUT2D eigenvalue weighted by Gasteiger charge is -2.32. The van der Waals surface area contributed by atoms with E-state index < -0.39 is 5.60 Å². The number of amides is 1. The van der Waals surface area contributed by atoms with Crippen LogP contribution in [0.15, 0.2) is 30.3 Å². The van der Waals surface area contributed by atoms with Gasteiger partial charge in [-0.05, 0) is 12.0 Å². The Labute approximate surface area is 96.8 Å². The first-order valence-electron chi connectivity index (χ1n) is 5.49. The fourth-order valence-electron chi connectivity index (χ4n) is 1.77. The summed E-state index contributed by atoms with van der Waals surface area (Å²) in [5.74, 6) is -0.0363. The highest BCUT2D eigenvalue weighted by molar-refractivity contribution is 5.72. The van der Waals surface area contributed by atoms with Gasteiger partial charge in [-0.3, -0.25) is 4.79 Å². The van der Waals surface area contributed by atoms with Crippen molar-refractivity contribution >= 4 is 5.91 Å². The molecule has 1 atom stereocenters. The first-order chi connectivity index (χ1) is 7.64. The number of benzene rings is 1. The fraction of sp³-hybridized carbons (Fsp3) is 0.462. The van der Waals surface area contributed by atoms with Crippen LogP contribution in [0, 0.1) is 0 Å². The van der Waals surface area contributed by atoms with Crippen molar-refractivity contribution in [3.8, 4) is 0 Å². The predicted octanol–water partition coefficient (Wildman–Crippen LogP) is 2.07. The highest BCUT2D eigenvalue weighted by Crippen LogP contribution is 2.27. The average molecular weight is 221 g/mol. The first-order valence-corrected chi connectivity index (χ1v) is 5.49. The van der Waals surface area contributed by atoms with E-state index in [1.165, 1.54) is 6.92 Å². The number of nitrogens with one attached hydrogen (secondary N) is 1. The maximum atomic E-state index is 11.0. The SMILES string of the molecule is CC[C@@](CNC(C)=O)(OC)c1ccccc1. The van der Waals surface area contributed by atoms with Gasteiger partial charge in [-0.1, -0.05) is 37.3 Å². The summed E-state index contributed by atoms with van der Waals surface area (Å²) in [6.45, 7) is 4.07. The summed E-state index contributed by atoms with van der Waals surface area (Å²) in [5, 5.41) is 2.82. The van der Waals surface area contributed by atoms with Gasteiger partial charge in [-0.2, -0.15) is 0 Å². The molecule has 0 spiro atoms. The Kier molecular flexibility index (Phi) is 4.50. The Morgan fingerprint density at radius 2 is 2.00 bits per heavy atom. The van der Waals surface area contributed by atoms with Crippen molar-refractivity contribution in [2.45, 2.75) is 25.9 Å². The largest absolute Gasteiger partial charge is 0.372 e. The van der Waals surface area contributed by atoms with Crippen molar-refractivity contribution < 1.29 is 9.53 Å². The van der Waals surface area contributed by atoms with Gasteiger partial charge in [0.25, 0.3) is 0 Å². The van der Waals surface area contributed by atoms with Crippen LogP contribution >= 0.6 is 0 Å². The standard InChI is InChI=1S/C13H19NO2/c1-4-13(16-3,10-14-11(2)15)12-8-6-5-7-9-12/h5-9H,4,10H2,1-3H3,(H,14,15)/t13-/m0/s1. The molecule has 1 aromatic carbocycles. The highest BCUT2D eigenvalue weighted by atomic mass is 16.5. The monoisotopic (exact) mass is 221 g/mol. The normalized spacial score (nSPS) is 14.2. The molecule has 3 heteroatoms. The molecule has 1 rings (SSSR count). The van der Waals surface area contributed by atoms with Gasteiger partial charge in [0.05, 0.1) is 6.54 Å². The topological polar surface area (TPSA) is 38.3 Å². The van der Waals surface area contributed by atoms with Crippen LogP contribution in [0.5, 0.6) is 0 Å². The quantitative estimate of drug-likeness (QED) is 0.826. The van der Waals surface area contributed by atoms with E-state index in [1.807, 2.05) is 30.3 Å². The van der Waals surface area contributed by atoms with E-state index in [4.69, 9.17) is 4.74 Å². The van der Waals surface area contributed by atoms with Crippen LogP contribution in [-0.4, -0.2) is 19.6 Å². The molecule has 0 aliphatic rings. The third-order valence-corrected chi connectivity index (χ3v) is 2.88. The van der Waals surface area contributed by atoms with E-state index in [-0.39, 0.29) is 5.91 Å². The number of carbonyl (C=O) groups is 1. The van der Waals surface area contributed by atoms with Crippen molar-refractivity contribution in [1.29, 1.82) is 0 Å². The Morgan fingerprint density at radius 3 is 2.44 bits per heavy atom. The van der Waals surface area contributed by atoms with E-state index in [1.54, 1.807) is 7.11 Å². The summed E-state index contributed by atoms with van der Waals surface area (Å²) >= 11 is 0. The van der Waals surface area contributed by atoms with E-state index in [0.717, 1.165) is 12.0 Å². The zero-order valence-corrected chi connectivity index (χ0v) is 10.1. The van der Waals surface area contributed by atoms with Gasteiger partial charge >= 0.3 is 0 Å². The molecule has 0 saturated heterocycles. The molecule has 0 aliphatic carbocycles. The molecule has 16 heavy (non-hydrogen) atoms. The lowest BCUT2D eigenvalue weighted by Crippen LogP contribution is -2.41. The van der Waals surface area contributed by atoms with E-state index in [0.29, 0.717) is 6.54 Å². The van der Waals surface area contributed by atoms with Gasteiger partial charge in [-0.15, -0.1) is 0 Å². The summed E-state index contributed by atoms with van der Waals surface area (Å²) in [5.41, 5.74) is 0.668. The minimum atomic E-state index is -0.424. The summed E-state index contributed by atoms with van der Waals surface area (Å²) in [6.07, 6.45) is 0.813. The van der Waals surface area contributed by atoms with E-state index in [9.17, 15) is 4.79 Å². The molecule has 0 radical (unpaired) electrons. The van der Waals surface area contributed by atoms with Crippen LogP contribution in [0.3, 0.4) is 0 Å². The number of rotatable bonds is 5. The summed E-state index contributed by atoms with van der Waals surface area (Å²) in [6, 6.07) is 9.97. The highest BCUT2D eigenvalue weighted by Gasteiger charge is 2.29. The lowest BCUT2D eigenvalue weighted by atomic mass is 9.90. The molecule has 0 aliphatic heterocycles. The second-order valence-electron chi connectivity index (χ2n) is 3.83. The molecule has 1 amide bonds. The van der Waals surface area contributed by atoms with Gasteiger partial charge < -0.3 is 10.1 Å². The van der Waals surface area contributed by atoms with Crippen molar-refractivity contribution in [2.75, 3.05) is 13.7 Å². The predicted molar refractivity (Wildman–Crippen MR) is 64.1 cm³/mol. The first kappa shape index (κ1) is 12.7. The number of hydrogen-bond acceptors (Lipinski definition) is 2. The van der Waals surface area contributed by atoms with Crippen LogP contribution in [0.1, 0.15) is 25.8 Å². The Balaban J connectivity index is 2.92. The van der Waals surface area contributed by atoms with Crippen molar-refractivity contribution in [2.24, 2.45) is 0 Å². The van der Waals surface area contributed by atoms with Crippen molar-refractivity contribution in [3.05, 3.63) is 35.9 Å². The summed E-state index contributed by atoms with van der Waals surface area (Å²) < 4.78 is 5.61. The number of ether oxygens (including phenoxy) is 1. The molecule has 0 fully saturated rings. The molecule has 1 N–H and O–H groups in total. The summed E-state index contributed by atoms with van der Waals surface area (Å²) in [4.78, 5) is 11.0. The maximum Gasteiger partial charge on any atom is 0.216 e. The molecule has 0 heterocycles. The Bertz CT molecular complexity index is 331. The minimum absolute atomic E-state index is 0.0363. The van der Waals surface area contributed by atoms with Crippen molar-refractivity contribution in [3.63, 3.8) is 0 Å². The van der Waals surface area contributed by atoms with Crippen LogP contribution in [0.2, 0.25) is 0 Å². The average Bonchev–Trinajstić information content (AvgIpc) is 2.32. The van der Waals surface area contributed by atoms with E-state index in [2.05, 4.69) is 12.2 Å². The maximum absolute atomic E-state index is 11.0. The minimum Gasteiger partial charge on any atom is -0.372 e.